The zero-order chi connectivity index (χ0) is 21.2. The van der Waals surface area contributed by atoms with E-state index in [-0.39, 0.29) is 0 Å². The van der Waals surface area contributed by atoms with Gasteiger partial charge >= 0.3 is 0 Å². The zero-order valence-corrected chi connectivity index (χ0v) is 17.3. The maximum absolute atomic E-state index is 6.26. The second kappa shape index (κ2) is 7.99. The normalized spacial score (nSPS) is 11.9. The van der Waals surface area contributed by atoms with Crippen LogP contribution in [0.25, 0.3) is 11.1 Å². The number of anilines is 2. The number of aromatic nitrogens is 3. The molecule has 1 N–H and O–H groups in total. The lowest BCUT2D eigenvalue weighted by Crippen LogP contribution is -2.02. The minimum atomic E-state index is 0.461. The topological polar surface area (TPSA) is 72.3 Å². The van der Waals surface area contributed by atoms with Gasteiger partial charge in [0.1, 0.15) is 5.75 Å². The van der Waals surface area contributed by atoms with Gasteiger partial charge in [0.15, 0.2) is 5.82 Å². The van der Waals surface area contributed by atoms with Crippen LogP contribution in [0.3, 0.4) is 0 Å². The summed E-state index contributed by atoms with van der Waals surface area (Å²) in [5.41, 5.74) is 6.26. The van der Waals surface area contributed by atoms with E-state index in [0.29, 0.717) is 24.1 Å². The Morgan fingerprint density at radius 3 is 2.45 bits per heavy atom. The molecule has 0 amide bonds. The van der Waals surface area contributed by atoms with Crippen LogP contribution in [0.1, 0.15) is 16.7 Å². The van der Waals surface area contributed by atoms with Crippen molar-refractivity contribution in [1.82, 2.24) is 15.0 Å². The van der Waals surface area contributed by atoms with Crippen LogP contribution < -0.4 is 10.1 Å². The summed E-state index contributed by atoms with van der Waals surface area (Å²) in [6.45, 7) is 4.09. The summed E-state index contributed by atoms with van der Waals surface area (Å²) in [6, 6.07) is 18.2. The van der Waals surface area contributed by atoms with Gasteiger partial charge in [0, 0.05) is 30.7 Å². The fourth-order valence-corrected chi connectivity index (χ4v) is 3.46. The minimum Gasteiger partial charge on any atom is -0.438 e. The van der Waals surface area contributed by atoms with Crippen LogP contribution in [0.2, 0.25) is 0 Å². The smallest absolute Gasteiger partial charge is 0.232 e. The maximum Gasteiger partial charge on any atom is 0.232 e. The first-order valence-corrected chi connectivity index (χ1v) is 10.1. The molecule has 0 spiro atoms. The molecule has 31 heavy (non-hydrogen) atoms. The van der Waals surface area contributed by atoms with E-state index in [9.17, 15) is 0 Å². The van der Waals surface area contributed by atoms with Crippen molar-refractivity contribution in [2.45, 2.75) is 20.3 Å². The molecule has 3 heterocycles. The van der Waals surface area contributed by atoms with Gasteiger partial charge in [-0.2, -0.15) is 9.97 Å². The monoisotopic (exact) mass is 407 g/mol. The van der Waals surface area contributed by atoms with Crippen molar-refractivity contribution in [2.75, 3.05) is 5.32 Å². The van der Waals surface area contributed by atoms with E-state index in [1.165, 1.54) is 5.56 Å². The Kier molecular flexibility index (Phi) is 4.88. The summed E-state index contributed by atoms with van der Waals surface area (Å²) in [4.78, 5) is 17.7. The van der Waals surface area contributed by atoms with Crippen molar-refractivity contribution >= 4 is 23.7 Å². The molecule has 5 rings (SSSR count). The lowest BCUT2D eigenvalue weighted by atomic mass is 10.0. The standard InChI is InChI=1S/C25H21N5O/c1-16-3-6-20(7-4-16)28-25-29-23-21(11-14-27-23)24(30-25)31-22-8-5-19(15-17(22)2)18-9-12-26-13-10-18/h3-10,12-15H,11H2,1-2H3,(H,28,29,30). The molecule has 2 aromatic heterocycles. The third-order valence-electron chi connectivity index (χ3n) is 5.16. The quantitative estimate of drug-likeness (QED) is 0.443. The van der Waals surface area contributed by atoms with Crippen LogP contribution in [-0.4, -0.2) is 21.2 Å². The van der Waals surface area contributed by atoms with Gasteiger partial charge < -0.3 is 10.1 Å². The number of aliphatic imine (C=N–C) groups is 1. The summed E-state index contributed by atoms with van der Waals surface area (Å²) < 4.78 is 6.26. The molecule has 0 bridgehead atoms. The highest BCUT2D eigenvalue weighted by atomic mass is 16.5. The second-order valence-electron chi connectivity index (χ2n) is 7.48. The molecule has 0 atom stereocenters. The third-order valence-corrected chi connectivity index (χ3v) is 5.16. The first-order chi connectivity index (χ1) is 15.2. The minimum absolute atomic E-state index is 0.461. The third kappa shape index (κ3) is 4.00. The van der Waals surface area contributed by atoms with Gasteiger partial charge in [-0.05, 0) is 66.9 Å². The number of ether oxygens (including phenoxy) is 1. The first-order valence-electron chi connectivity index (χ1n) is 10.1. The number of benzene rings is 2. The summed E-state index contributed by atoms with van der Waals surface area (Å²) in [6.07, 6.45) is 6.08. The predicted octanol–water partition coefficient (Wildman–Crippen LogP) is 5.95. The van der Waals surface area contributed by atoms with Crippen molar-refractivity contribution < 1.29 is 4.74 Å². The van der Waals surface area contributed by atoms with Crippen LogP contribution in [-0.2, 0) is 6.42 Å². The highest BCUT2D eigenvalue weighted by Crippen LogP contribution is 2.36. The van der Waals surface area contributed by atoms with Gasteiger partial charge in [0.2, 0.25) is 11.8 Å². The van der Waals surface area contributed by atoms with Crippen molar-refractivity contribution in [1.29, 1.82) is 0 Å². The molecule has 1 aliphatic heterocycles. The van der Waals surface area contributed by atoms with E-state index in [1.807, 2.05) is 61.7 Å². The molecule has 6 nitrogen and oxygen atoms in total. The Hall–Kier alpha value is -4.06. The summed E-state index contributed by atoms with van der Waals surface area (Å²) in [7, 11) is 0. The number of pyridine rings is 1. The van der Waals surface area contributed by atoms with Gasteiger partial charge in [-0.1, -0.05) is 23.8 Å². The number of fused-ring (bicyclic) bond motifs is 1. The number of nitrogens with one attached hydrogen (secondary N) is 1. The van der Waals surface area contributed by atoms with Crippen LogP contribution in [0.4, 0.5) is 17.5 Å². The van der Waals surface area contributed by atoms with Gasteiger partial charge in [-0.3, -0.25) is 4.98 Å². The average Bonchev–Trinajstić information content (AvgIpc) is 3.26. The van der Waals surface area contributed by atoms with E-state index >= 15 is 0 Å². The molecular weight excluding hydrogens is 386 g/mol. The van der Waals surface area contributed by atoms with E-state index < -0.39 is 0 Å². The number of hydrogen-bond donors (Lipinski definition) is 1. The summed E-state index contributed by atoms with van der Waals surface area (Å²) in [5, 5.41) is 3.25. The molecule has 1 aliphatic rings. The van der Waals surface area contributed by atoms with Crippen molar-refractivity contribution in [3.8, 4) is 22.8 Å². The molecule has 0 aliphatic carbocycles. The van der Waals surface area contributed by atoms with Gasteiger partial charge in [0.25, 0.3) is 0 Å². The number of rotatable bonds is 5. The molecule has 0 unspecified atom stereocenters. The van der Waals surface area contributed by atoms with E-state index in [0.717, 1.165) is 33.7 Å². The SMILES string of the molecule is Cc1ccc(Nc2nc3c(c(Oc4ccc(-c5ccncc5)cc4C)n2)CC=N3)cc1. The molecule has 6 heteroatoms. The molecule has 0 saturated heterocycles. The Morgan fingerprint density at radius 1 is 0.871 bits per heavy atom. The van der Waals surface area contributed by atoms with Crippen LogP contribution in [0, 0.1) is 13.8 Å². The van der Waals surface area contributed by atoms with Crippen molar-refractivity contribution in [2.24, 2.45) is 4.99 Å². The lowest BCUT2D eigenvalue weighted by Gasteiger charge is -2.14. The highest BCUT2D eigenvalue weighted by molar-refractivity contribution is 5.76. The number of nitrogens with zero attached hydrogens (tertiary/aromatic N) is 4. The Bertz CT molecular complexity index is 1270. The molecule has 2 aromatic carbocycles. The molecular formula is C25H21N5O. The fourth-order valence-electron chi connectivity index (χ4n) is 3.46. The Balaban J connectivity index is 1.45. The Labute approximate surface area is 180 Å². The van der Waals surface area contributed by atoms with E-state index in [2.05, 4.69) is 38.3 Å². The van der Waals surface area contributed by atoms with Gasteiger partial charge in [-0.25, -0.2) is 4.99 Å². The molecule has 152 valence electrons. The molecule has 4 aromatic rings. The van der Waals surface area contributed by atoms with Crippen LogP contribution >= 0.6 is 0 Å². The largest absolute Gasteiger partial charge is 0.438 e. The van der Waals surface area contributed by atoms with E-state index in [4.69, 9.17) is 4.74 Å². The van der Waals surface area contributed by atoms with Crippen LogP contribution in [0.15, 0.2) is 72.0 Å². The summed E-state index contributed by atoms with van der Waals surface area (Å²) >= 11 is 0. The average molecular weight is 407 g/mol. The zero-order valence-electron chi connectivity index (χ0n) is 17.3. The van der Waals surface area contributed by atoms with Crippen molar-refractivity contribution in [3.05, 3.63) is 83.7 Å². The predicted molar refractivity (Wildman–Crippen MR) is 123 cm³/mol. The van der Waals surface area contributed by atoms with Crippen LogP contribution in [0.5, 0.6) is 11.6 Å². The second-order valence-corrected chi connectivity index (χ2v) is 7.48. The molecule has 0 radical (unpaired) electrons. The first kappa shape index (κ1) is 18.9. The fraction of sp³-hybridized carbons (Fsp3) is 0.120. The lowest BCUT2D eigenvalue weighted by molar-refractivity contribution is 0.455. The van der Waals surface area contributed by atoms with E-state index in [1.54, 1.807) is 12.4 Å². The van der Waals surface area contributed by atoms with Crippen molar-refractivity contribution in [3.63, 3.8) is 0 Å². The highest BCUT2D eigenvalue weighted by Gasteiger charge is 2.19. The maximum atomic E-state index is 6.26. The number of hydrogen-bond acceptors (Lipinski definition) is 6. The molecule has 0 fully saturated rings. The Morgan fingerprint density at radius 2 is 1.68 bits per heavy atom. The van der Waals surface area contributed by atoms with Gasteiger partial charge in [0.05, 0.1) is 5.56 Å². The van der Waals surface area contributed by atoms with Gasteiger partial charge in [-0.15, -0.1) is 0 Å². The number of aryl methyl sites for hydroxylation is 2. The summed E-state index contributed by atoms with van der Waals surface area (Å²) in [5.74, 6) is 2.39. The molecule has 0 saturated carbocycles.